The molecule has 1 aromatic rings. The molecule has 1 aromatic carbocycles. The molecule has 5 atom stereocenters. The van der Waals surface area contributed by atoms with Crippen molar-refractivity contribution >= 4 is 5.97 Å². The van der Waals surface area contributed by atoms with Gasteiger partial charge in [0, 0.05) is 11.5 Å². The molecule has 0 bridgehead atoms. The van der Waals surface area contributed by atoms with Crippen molar-refractivity contribution in [2.24, 2.45) is 23.2 Å². The van der Waals surface area contributed by atoms with Gasteiger partial charge < -0.3 is 19.5 Å². The van der Waals surface area contributed by atoms with Gasteiger partial charge in [-0.25, -0.2) is 0 Å². The average molecular weight is 401 g/mol. The Morgan fingerprint density at radius 3 is 2.83 bits per heavy atom. The van der Waals surface area contributed by atoms with Crippen LogP contribution < -0.4 is 14.8 Å². The van der Waals surface area contributed by atoms with Crippen LogP contribution in [0.2, 0.25) is 0 Å². The molecule has 0 unspecified atom stereocenters. The molecule has 1 heterocycles. The molecule has 0 amide bonds. The number of nitrogens with two attached hydrogens (primary N) is 1. The number of benzene rings is 1. The van der Waals surface area contributed by atoms with E-state index in [1.165, 1.54) is 18.4 Å². The van der Waals surface area contributed by atoms with Gasteiger partial charge in [-0.15, -0.1) is 0 Å². The highest BCUT2D eigenvalue weighted by Crippen LogP contribution is 2.56. The molecule has 0 radical (unpaired) electrons. The van der Waals surface area contributed by atoms with Crippen molar-refractivity contribution in [2.75, 3.05) is 20.8 Å². The van der Waals surface area contributed by atoms with Crippen LogP contribution >= 0.6 is 0 Å². The molecule has 2 saturated carbocycles. The van der Waals surface area contributed by atoms with E-state index in [1.54, 1.807) is 14.2 Å². The number of carbonyl (C=O) groups excluding carboxylic acids is 1. The topological polar surface area (TPSA) is 61.4 Å². The number of carbonyl (C=O) groups is 1. The number of allylic oxidation sites excluding steroid dienone is 1. The van der Waals surface area contributed by atoms with E-state index in [1.807, 2.05) is 18.2 Å². The van der Waals surface area contributed by atoms with Crippen molar-refractivity contribution in [1.82, 2.24) is 0 Å². The van der Waals surface area contributed by atoms with Gasteiger partial charge in [0.15, 0.2) is 11.5 Å². The smallest absolute Gasteiger partial charge is 0.315 e. The summed E-state index contributed by atoms with van der Waals surface area (Å²) in [4.78, 5) is 12.7. The minimum atomic E-state index is -0.0144. The van der Waals surface area contributed by atoms with Crippen LogP contribution in [0.25, 0.3) is 0 Å². The third kappa shape index (κ3) is 3.77. The van der Waals surface area contributed by atoms with E-state index in [0.29, 0.717) is 11.8 Å². The zero-order chi connectivity index (χ0) is 20.6. The SMILES string of the molecule is C=C1CCC[C@]2(C)C[C@H]3OC(=O)[C@H](C[NH2+]Cc4ccc(OC)c(OC)c4)[C@H]3C[C@H]12. The van der Waals surface area contributed by atoms with Gasteiger partial charge >= 0.3 is 5.97 Å². The summed E-state index contributed by atoms with van der Waals surface area (Å²) < 4.78 is 16.6. The predicted molar refractivity (Wildman–Crippen MR) is 111 cm³/mol. The Hall–Kier alpha value is -2.01. The van der Waals surface area contributed by atoms with E-state index in [4.69, 9.17) is 14.2 Å². The number of esters is 1. The lowest BCUT2D eigenvalue weighted by atomic mass is 9.55. The number of ether oxygens (including phenoxy) is 3. The summed E-state index contributed by atoms with van der Waals surface area (Å²) in [6.45, 7) is 8.33. The molecule has 3 fully saturated rings. The van der Waals surface area contributed by atoms with E-state index in [-0.39, 0.29) is 23.4 Å². The lowest BCUT2D eigenvalue weighted by Crippen LogP contribution is -2.84. The molecule has 4 rings (SSSR count). The van der Waals surface area contributed by atoms with E-state index in [2.05, 4.69) is 18.8 Å². The summed E-state index contributed by atoms with van der Waals surface area (Å²) in [5.41, 5.74) is 2.81. The van der Waals surface area contributed by atoms with Gasteiger partial charge in [-0.2, -0.15) is 0 Å². The first-order chi connectivity index (χ1) is 13.9. The van der Waals surface area contributed by atoms with Gasteiger partial charge in [0.05, 0.1) is 20.8 Å². The second-order valence-electron chi connectivity index (χ2n) is 9.32. The number of hydrogen-bond acceptors (Lipinski definition) is 4. The Morgan fingerprint density at radius 1 is 1.28 bits per heavy atom. The van der Waals surface area contributed by atoms with Crippen molar-refractivity contribution in [3.63, 3.8) is 0 Å². The fourth-order valence-corrected chi connectivity index (χ4v) is 5.96. The summed E-state index contributed by atoms with van der Waals surface area (Å²) in [5.74, 6) is 2.32. The Balaban J connectivity index is 1.39. The van der Waals surface area contributed by atoms with Crippen molar-refractivity contribution in [3.05, 3.63) is 35.9 Å². The number of hydrogen-bond donors (Lipinski definition) is 1. The maximum absolute atomic E-state index is 12.7. The van der Waals surface area contributed by atoms with Gasteiger partial charge in [0.2, 0.25) is 0 Å². The molecule has 29 heavy (non-hydrogen) atoms. The van der Waals surface area contributed by atoms with E-state index >= 15 is 0 Å². The summed E-state index contributed by atoms with van der Waals surface area (Å²) in [7, 11) is 3.29. The standard InChI is InChI=1S/C24H33NO4/c1-15-6-5-9-24(2)12-22-17(11-19(15)24)18(23(26)29-22)14-25-13-16-7-8-20(27-3)21(10-16)28-4/h7-8,10,17-19,22,25H,1,5-6,9,11-14H2,2-4H3/p+1/t17-,18-,19-,22-,24-/m1/s1. The van der Waals surface area contributed by atoms with Gasteiger partial charge in [0.25, 0.3) is 0 Å². The van der Waals surface area contributed by atoms with Gasteiger partial charge in [-0.3, -0.25) is 4.79 Å². The maximum atomic E-state index is 12.7. The molecule has 5 nitrogen and oxygen atoms in total. The molecular weight excluding hydrogens is 366 g/mol. The molecule has 158 valence electrons. The van der Waals surface area contributed by atoms with E-state index < -0.39 is 0 Å². The average Bonchev–Trinajstić information content (AvgIpc) is 3.00. The fourth-order valence-electron chi connectivity index (χ4n) is 5.96. The molecule has 2 aliphatic carbocycles. The zero-order valence-electron chi connectivity index (χ0n) is 17.9. The van der Waals surface area contributed by atoms with Gasteiger partial charge in [0.1, 0.15) is 18.6 Å². The molecular formula is C24H34NO4+. The minimum absolute atomic E-state index is 0.00331. The quantitative estimate of drug-likeness (QED) is 0.589. The van der Waals surface area contributed by atoms with Crippen LogP contribution in [0.1, 0.15) is 44.6 Å². The van der Waals surface area contributed by atoms with Crippen LogP contribution in [-0.2, 0) is 16.1 Å². The predicted octanol–water partition coefficient (Wildman–Crippen LogP) is 3.08. The number of fused-ring (bicyclic) bond motifs is 2. The largest absolute Gasteiger partial charge is 0.493 e. The molecule has 1 aliphatic heterocycles. The van der Waals surface area contributed by atoms with Gasteiger partial charge in [-0.05, 0) is 61.6 Å². The highest BCUT2D eigenvalue weighted by molar-refractivity contribution is 5.75. The molecule has 0 aromatic heterocycles. The monoisotopic (exact) mass is 400 g/mol. The number of rotatable bonds is 6. The third-order valence-electron chi connectivity index (χ3n) is 7.57. The van der Waals surface area contributed by atoms with Gasteiger partial charge in [-0.1, -0.05) is 19.1 Å². The molecule has 1 saturated heterocycles. The molecule has 3 aliphatic rings. The Labute approximate surface area is 173 Å². The van der Waals surface area contributed by atoms with Crippen LogP contribution in [-0.4, -0.2) is 32.8 Å². The van der Waals surface area contributed by atoms with Crippen molar-refractivity contribution in [1.29, 1.82) is 0 Å². The van der Waals surface area contributed by atoms with Crippen LogP contribution in [0.4, 0.5) is 0 Å². The fraction of sp³-hybridized carbons (Fsp3) is 0.625. The molecule has 5 heteroatoms. The van der Waals surface area contributed by atoms with Crippen molar-refractivity contribution in [2.45, 2.75) is 51.7 Å². The number of methoxy groups -OCH3 is 2. The molecule has 0 spiro atoms. The summed E-state index contributed by atoms with van der Waals surface area (Å²) in [5, 5.41) is 2.22. The second kappa shape index (κ2) is 8.02. The Bertz CT molecular complexity index is 791. The highest BCUT2D eigenvalue weighted by Gasteiger charge is 2.55. The third-order valence-corrected chi connectivity index (χ3v) is 7.57. The first-order valence-electron chi connectivity index (χ1n) is 10.9. The number of quaternary nitrogens is 1. The van der Waals surface area contributed by atoms with Crippen molar-refractivity contribution < 1.29 is 24.3 Å². The van der Waals surface area contributed by atoms with Crippen LogP contribution in [0, 0.1) is 23.2 Å². The Morgan fingerprint density at radius 2 is 2.07 bits per heavy atom. The zero-order valence-corrected chi connectivity index (χ0v) is 17.9. The van der Waals surface area contributed by atoms with E-state index in [9.17, 15) is 4.79 Å². The first kappa shape index (κ1) is 20.3. The van der Waals surface area contributed by atoms with Crippen molar-refractivity contribution in [3.8, 4) is 11.5 Å². The second-order valence-corrected chi connectivity index (χ2v) is 9.32. The lowest BCUT2D eigenvalue weighted by molar-refractivity contribution is -0.675. The summed E-state index contributed by atoms with van der Waals surface area (Å²) >= 11 is 0. The van der Waals surface area contributed by atoms with Crippen LogP contribution in [0.5, 0.6) is 11.5 Å². The molecule has 2 N–H and O–H groups in total. The summed E-state index contributed by atoms with van der Waals surface area (Å²) in [6.07, 6.45) is 5.74. The lowest BCUT2D eigenvalue weighted by Gasteiger charge is -2.49. The maximum Gasteiger partial charge on any atom is 0.315 e. The normalized spacial score (nSPS) is 33.6. The Kier molecular flexibility index (Phi) is 5.60. The van der Waals surface area contributed by atoms with E-state index in [0.717, 1.165) is 49.4 Å². The van der Waals surface area contributed by atoms with Crippen LogP contribution in [0.3, 0.4) is 0 Å². The van der Waals surface area contributed by atoms with Crippen LogP contribution in [0.15, 0.2) is 30.4 Å². The minimum Gasteiger partial charge on any atom is -0.493 e. The highest BCUT2D eigenvalue weighted by atomic mass is 16.6. The first-order valence-corrected chi connectivity index (χ1v) is 10.9. The summed E-state index contributed by atoms with van der Waals surface area (Å²) in [6, 6.07) is 5.98.